The second-order valence-electron chi connectivity index (χ2n) is 9.55. The summed E-state index contributed by atoms with van der Waals surface area (Å²) in [4.78, 5) is 51.4. The Morgan fingerprint density at radius 2 is 1.62 bits per heavy atom. The number of alkyl carbamates (subject to hydrolysis) is 1. The van der Waals surface area contributed by atoms with Crippen LogP contribution in [-0.2, 0) is 20.9 Å². The van der Waals surface area contributed by atoms with Crippen LogP contribution in [0.2, 0.25) is 0 Å². The number of rotatable bonds is 15. The Bertz CT molecular complexity index is 1070. The zero-order chi connectivity index (χ0) is 28.9. The number of alkyl halides is 2. The first-order valence-corrected chi connectivity index (χ1v) is 12.7. The molecule has 2 aromatic rings. The normalized spacial score (nSPS) is 14.3. The average molecular weight is 552 g/mol. The molecular weight excluding hydrogens is 516 g/mol. The third kappa shape index (κ3) is 10.4. The number of nitrogens with zero attached hydrogens (tertiary/aromatic N) is 3. The van der Waals surface area contributed by atoms with Crippen molar-refractivity contribution in [3.8, 4) is 0 Å². The quantitative estimate of drug-likeness (QED) is 0.245. The third-order valence-electron chi connectivity index (χ3n) is 5.93. The molecule has 0 fully saturated rings. The lowest BCUT2D eigenvalue weighted by Crippen LogP contribution is -2.57. The van der Waals surface area contributed by atoms with E-state index in [9.17, 15) is 28.0 Å². The van der Waals surface area contributed by atoms with Crippen molar-refractivity contribution in [2.45, 2.75) is 78.1 Å². The van der Waals surface area contributed by atoms with Crippen LogP contribution in [0.15, 0.2) is 30.3 Å². The summed E-state index contributed by atoms with van der Waals surface area (Å²) in [6.07, 6.45) is -4.04. The van der Waals surface area contributed by atoms with Gasteiger partial charge in [0.2, 0.25) is 29.8 Å². The van der Waals surface area contributed by atoms with Crippen LogP contribution >= 0.6 is 0 Å². The maximum atomic E-state index is 13.3. The molecule has 3 amide bonds. The van der Waals surface area contributed by atoms with Gasteiger partial charge < -0.3 is 20.7 Å². The molecule has 14 heteroatoms. The van der Waals surface area contributed by atoms with Crippen LogP contribution in [0.4, 0.5) is 13.6 Å². The average Bonchev–Trinajstić information content (AvgIpc) is 3.44. The molecule has 12 nitrogen and oxygen atoms in total. The predicted octanol–water partition coefficient (Wildman–Crippen LogP) is 2.39. The molecule has 39 heavy (non-hydrogen) atoms. The van der Waals surface area contributed by atoms with Crippen molar-refractivity contribution in [2.24, 2.45) is 11.8 Å². The van der Waals surface area contributed by atoms with E-state index in [-0.39, 0.29) is 24.9 Å². The van der Waals surface area contributed by atoms with Crippen LogP contribution in [0.1, 0.15) is 63.1 Å². The summed E-state index contributed by atoms with van der Waals surface area (Å²) in [6.45, 7) is 7.19. The molecule has 4 N–H and O–H groups in total. The highest BCUT2D eigenvalue weighted by molar-refractivity contribution is 6.00. The summed E-state index contributed by atoms with van der Waals surface area (Å²) in [7, 11) is 0. The number of aromatic amines is 1. The number of H-pyrrole nitrogens is 1. The highest BCUT2D eigenvalue weighted by atomic mass is 19.3. The van der Waals surface area contributed by atoms with Crippen LogP contribution in [0.25, 0.3) is 0 Å². The fraction of sp³-hybridized carbons (Fsp3) is 0.560. The molecule has 1 aromatic carbocycles. The lowest BCUT2D eigenvalue weighted by molar-refractivity contribution is -0.131. The van der Waals surface area contributed by atoms with E-state index in [1.165, 1.54) is 0 Å². The number of hydrogen-bond donors (Lipinski definition) is 4. The second-order valence-corrected chi connectivity index (χ2v) is 9.55. The molecule has 0 spiro atoms. The van der Waals surface area contributed by atoms with Crippen molar-refractivity contribution in [1.29, 1.82) is 0 Å². The van der Waals surface area contributed by atoms with Gasteiger partial charge in [0.15, 0.2) is 0 Å². The molecule has 4 atom stereocenters. The molecule has 0 unspecified atom stereocenters. The van der Waals surface area contributed by atoms with Gasteiger partial charge in [-0.3, -0.25) is 14.4 Å². The Morgan fingerprint density at radius 1 is 0.949 bits per heavy atom. The van der Waals surface area contributed by atoms with E-state index < -0.39 is 60.5 Å². The number of carbonyl (C=O) groups is 4. The van der Waals surface area contributed by atoms with Crippen molar-refractivity contribution >= 4 is 23.7 Å². The highest BCUT2D eigenvalue weighted by Gasteiger charge is 2.34. The number of ether oxygens (including phenoxy) is 1. The molecular formula is C25H35F2N7O5. The predicted molar refractivity (Wildman–Crippen MR) is 135 cm³/mol. The number of amides is 3. The van der Waals surface area contributed by atoms with Crippen LogP contribution in [0.3, 0.4) is 0 Å². The smallest absolute Gasteiger partial charge is 0.408 e. The first-order chi connectivity index (χ1) is 18.5. The van der Waals surface area contributed by atoms with Gasteiger partial charge in [-0.25, -0.2) is 13.6 Å². The number of benzene rings is 1. The number of hydrogen-bond acceptors (Lipinski definition) is 8. The van der Waals surface area contributed by atoms with E-state index in [1.807, 2.05) is 13.0 Å². The Balaban J connectivity index is 2.13. The van der Waals surface area contributed by atoms with Crippen LogP contribution in [0.5, 0.6) is 0 Å². The molecule has 0 saturated carbocycles. The molecule has 0 saturated heterocycles. The minimum absolute atomic E-state index is 0.000169. The summed E-state index contributed by atoms with van der Waals surface area (Å²) in [5.74, 6) is -3.32. The lowest BCUT2D eigenvalue weighted by atomic mass is 9.96. The number of carbonyl (C=O) groups excluding carboxylic acids is 4. The van der Waals surface area contributed by atoms with Gasteiger partial charge in [0.25, 0.3) is 0 Å². The summed E-state index contributed by atoms with van der Waals surface area (Å²) in [5.41, 5.74) is 0.763. The van der Waals surface area contributed by atoms with E-state index >= 15 is 0 Å². The third-order valence-corrected chi connectivity index (χ3v) is 5.93. The SMILES string of the molecule is CC[C@H](C)[C@H](NC(=O)OCc1ccccc1)C(=O)N[C@@H](CC(C)C)C(=O)N[C@@H](CC(F)F)C(=O)c1nn[nH]n1. The second kappa shape index (κ2) is 15.4. The first kappa shape index (κ1) is 31.2. The standard InChI is InChI=1S/C25H35F2N7O5/c1-5-15(4)20(30-25(38)39-13-16-9-7-6-8-10-16)24(37)29-18(11-14(2)3)23(36)28-17(12-19(26)27)21(35)22-31-33-34-32-22/h6-10,14-15,17-20H,5,11-13H2,1-4H3,(H,28,36)(H,29,37)(H,30,38)(H,31,32,33,34)/t15-,17-,18-,20-/m0/s1. The van der Waals surface area contributed by atoms with E-state index in [0.29, 0.717) is 6.42 Å². The minimum Gasteiger partial charge on any atom is -0.445 e. The molecule has 0 aliphatic carbocycles. The number of Topliss-reactive ketones (excluding diaryl/α,β-unsaturated/α-hetero) is 1. The summed E-state index contributed by atoms with van der Waals surface area (Å²) in [6, 6.07) is 5.13. The Hall–Kier alpha value is -3.97. The van der Waals surface area contributed by atoms with Gasteiger partial charge in [0.1, 0.15) is 24.7 Å². The molecule has 0 bridgehead atoms. The van der Waals surface area contributed by atoms with Gasteiger partial charge >= 0.3 is 6.09 Å². The molecule has 0 aliphatic rings. The minimum atomic E-state index is -2.91. The fourth-order valence-electron chi connectivity index (χ4n) is 3.66. The van der Waals surface area contributed by atoms with Gasteiger partial charge in [0, 0.05) is 6.42 Å². The Morgan fingerprint density at radius 3 is 2.18 bits per heavy atom. The lowest BCUT2D eigenvalue weighted by Gasteiger charge is -2.27. The molecule has 1 heterocycles. The largest absolute Gasteiger partial charge is 0.445 e. The zero-order valence-corrected chi connectivity index (χ0v) is 22.3. The van der Waals surface area contributed by atoms with E-state index in [0.717, 1.165) is 5.56 Å². The summed E-state index contributed by atoms with van der Waals surface area (Å²) >= 11 is 0. The zero-order valence-electron chi connectivity index (χ0n) is 22.3. The van der Waals surface area contributed by atoms with Gasteiger partial charge in [-0.1, -0.05) is 64.4 Å². The molecule has 2 rings (SSSR count). The van der Waals surface area contributed by atoms with E-state index in [4.69, 9.17) is 4.74 Å². The molecule has 0 radical (unpaired) electrons. The number of tetrazole rings is 1. The fourth-order valence-corrected chi connectivity index (χ4v) is 3.66. The Labute approximate surface area is 225 Å². The maximum absolute atomic E-state index is 13.3. The molecule has 214 valence electrons. The van der Waals surface area contributed by atoms with E-state index in [2.05, 4.69) is 36.6 Å². The van der Waals surface area contributed by atoms with Gasteiger partial charge in [-0.15, -0.1) is 10.2 Å². The van der Waals surface area contributed by atoms with Gasteiger partial charge in [-0.2, -0.15) is 5.21 Å². The van der Waals surface area contributed by atoms with Gasteiger partial charge in [0.05, 0.1) is 0 Å². The van der Waals surface area contributed by atoms with Crippen LogP contribution in [0, 0.1) is 11.8 Å². The van der Waals surface area contributed by atoms with Crippen molar-refractivity contribution < 1.29 is 32.7 Å². The van der Waals surface area contributed by atoms with Crippen molar-refractivity contribution in [3.05, 3.63) is 41.7 Å². The van der Waals surface area contributed by atoms with Crippen LogP contribution in [-0.4, -0.2) is 68.9 Å². The number of ketones is 1. The topological polar surface area (TPSA) is 168 Å². The highest BCUT2D eigenvalue weighted by Crippen LogP contribution is 2.13. The monoisotopic (exact) mass is 551 g/mol. The van der Waals surface area contributed by atoms with Crippen molar-refractivity contribution in [2.75, 3.05) is 0 Å². The van der Waals surface area contributed by atoms with Crippen molar-refractivity contribution in [1.82, 2.24) is 36.6 Å². The molecule has 0 aliphatic heterocycles. The number of halogens is 2. The van der Waals surface area contributed by atoms with E-state index in [1.54, 1.807) is 45.0 Å². The van der Waals surface area contributed by atoms with Gasteiger partial charge in [-0.05, 0) is 29.0 Å². The summed E-state index contributed by atoms with van der Waals surface area (Å²) < 4.78 is 31.6. The summed E-state index contributed by atoms with van der Waals surface area (Å²) in [5, 5.41) is 19.7. The van der Waals surface area contributed by atoms with Crippen molar-refractivity contribution in [3.63, 3.8) is 0 Å². The number of nitrogens with one attached hydrogen (secondary N) is 4. The Kier molecular flexibility index (Phi) is 12.4. The first-order valence-electron chi connectivity index (χ1n) is 12.7. The maximum Gasteiger partial charge on any atom is 0.408 e. The van der Waals surface area contributed by atoms with Crippen LogP contribution < -0.4 is 16.0 Å². The molecule has 1 aromatic heterocycles. The number of aromatic nitrogens is 4.